The first kappa shape index (κ1) is 15.3. The molecule has 1 rings (SSSR count). The minimum atomic E-state index is -4.75. The van der Waals surface area contributed by atoms with E-state index in [2.05, 4.69) is 10.1 Å². The van der Waals surface area contributed by atoms with E-state index in [-0.39, 0.29) is 23.8 Å². The Kier molecular flexibility index (Phi) is 5.62. The number of amides is 1. The number of halogens is 3. The van der Waals surface area contributed by atoms with Crippen LogP contribution in [0.2, 0.25) is 0 Å². The van der Waals surface area contributed by atoms with Crippen molar-refractivity contribution in [3.8, 4) is 5.75 Å². The molecule has 0 spiro atoms. The molecule has 0 bridgehead atoms. The molecule has 0 fully saturated rings. The second-order valence-corrected chi connectivity index (χ2v) is 3.87. The van der Waals surface area contributed by atoms with E-state index in [1.165, 1.54) is 12.1 Å². The normalized spacial score (nSPS) is 11.2. The molecule has 0 unspecified atom stereocenters. The van der Waals surface area contributed by atoms with Gasteiger partial charge in [0, 0.05) is 18.2 Å². The molecule has 1 amide bonds. The van der Waals surface area contributed by atoms with Crippen molar-refractivity contribution < 1.29 is 22.7 Å². The molecule has 3 N–H and O–H groups in total. The summed E-state index contributed by atoms with van der Waals surface area (Å²) >= 11 is 0. The van der Waals surface area contributed by atoms with Gasteiger partial charge in [-0.25, -0.2) is 0 Å². The number of anilines is 1. The Morgan fingerprint density at radius 3 is 2.68 bits per heavy atom. The van der Waals surface area contributed by atoms with Gasteiger partial charge in [-0.3, -0.25) is 4.79 Å². The second-order valence-electron chi connectivity index (χ2n) is 3.87. The average molecular weight is 276 g/mol. The van der Waals surface area contributed by atoms with Crippen molar-refractivity contribution >= 4 is 11.6 Å². The van der Waals surface area contributed by atoms with Gasteiger partial charge in [-0.05, 0) is 31.5 Å². The highest BCUT2D eigenvalue weighted by Crippen LogP contribution is 2.25. The van der Waals surface area contributed by atoms with Gasteiger partial charge < -0.3 is 15.8 Å². The summed E-state index contributed by atoms with van der Waals surface area (Å²) in [6, 6.07) is 5.15. The Morgan fingerprint density at radius 2 is 2.05 bits per heavy atom. The number of ether oxygens (including phenoxy) is 1. The van der Waals surface area contributed by atoms with Crippen LogP contribution in [0.15, 0.2) is 24.3 Å². The molecule has 0 aliphatic heterocycles. The fourth-order valence-electron chi connectivity index (χ4n) is 1.42. The molecule has 0 radical (unpaired) electrons. The van der Waals surface area contributed by atoms with E-state index >= 15 is 0 Å². The average Bonchev–Trinajstić information content (AvgIpc) is 2.27. The summed E-state index contributed by atoms with van der Waals surface area (Å²) in [4.78, 5) is 11.5. The van der Waals surface area contributed by atoms with Gasteiger partial charge in [-0.1, -0.05) is 6.07 Å². The van der Waals surface area contributed by atoms with Crippen molar-refractivity contribution in [3.05, 3.63) is 24.3 Å². The molecule has 7 heteroatoms. The SMILES string of the molecule is NCCCCC(=O)Nc1cccc(OC(F)(F)F)c1. The zero-order valence-electron chi connectivity index (χ0n) is 10.2. The maximum absolute atomic E-state index is 12.0. The van der Waals surface area contributed by atoms with E-state index in [0.717, 1.165) is 18.6 Å². The van der Waals surface area contributed by atoms with Crippen molar-refractivity contribution in [1.29, 1.82) is 0 Å². The highest BCUT2D eigenvalue weighted by atomic mass is 19.4. The molecule has 0 aliphatic rings. The molecule has 1 aromatic carbocycles. The van der Waals surface area contributed by atoms with Gasteiger partial charge in [0.05, 0.1) is 0 Å². The van der Waals surface area contributed by atoms with E-state index in [9.17, 15) is 18.0 Å². The van der Waals surface area contributed by atoms with E-state index in [4.69, 9.17) is 5.73 Å². The number of hydrogen-bond acceptors (Lipinski definition) is 3. The Morgan fingerprint density at radius 1 is 1.32 bits per heavy atom. The van der Waals surface area contributed by atoms with Crippen molar-refractivity contribution in [2.75, 3.05) is 11.9 Å². The largest absolute Gasteiger partial charge is 0.573 e. The number of benzene rings is 1. The fraction of sp³-hybridized carbons (Fsp3) is 0.417. The molecule has 0 saturated carbocycles. The van der Waals surface area contributed by atoms with Crippen LogP contribution in [0.5, 0.6) is 5.75 Å². The predicted molar refractivity (Wildman–Crippen MR) is 64.7 cm³/mol. The maximum Gasteiger partial charge on any atom is 0.573 e. The number of carbonyl (C=O) groups excluding carboxylic acids is 1. The third-order valence-corrected chi connectivity index (χ3v) is 2.21. The summed E-state index contributed by atoms with van der Waals surface area (Å²) in [6.45, 7) is 0.502. The summed E-state index contributed by atoms with van der Waals surface area (Å²) in [5.74, 6) is -0.634. The molecule has 0 atom stereocenters. The Bertz CT molecular complexity index is 422. The third kappa shape index (κ3) is 6.66. The first-order valence-electron chi connectivity index (χ1n) is 5.76. The lowest BCUT2D eigenvalue weighted by molar-refractivity contribution is -0.274. The number of hydrogen-bond donors (Lipinski definition) is 2. The standard InChI is InChI=1S/C12H15F3N2O2/c13-12(14,15)19-10-5-3-4-9(8-10)17-11(18)6-1-2-7-16/h3-5,8H,1-2,6-7,16H2,(H,17,18). The highest BCUT2D eigenvalue weighted by Gasteiger charge is 2.31. The van der Waals surface area contributed by atoms with Crippen LogP contribution in [0.25, 0.3) is 0 Å². The Hall–Kier alpha value is -1.76. The Labute approximate surface area is 108 Å². The van der Waals surface area contributed by atoms with Crippen LogP contribution in [0.1, 0.15) is 19.3 Å². The maximum atomic E-state index is 12.0. The van der Waals surface area contributed by atoms with Gasteiger partial charge in [0.15, 0.2) is 0 Å². The number of nitrogens with two attached hydrogens (primary N) is 1. The lowest BCUT2D eigenvalue weighted by atomic mass is 10.2. The zero-order chi connectivity index (χ0) is 14.3. The van der Waals surface area contributed by atoms with Gasteiger partial charge in [-0.2, -0.15) is 0 Å². The van der Waals surface area contributed by atoms with E-state index in [1.54, 1.807) is 0 Å². The summed E-state index contributed by atoms with van der Waals surface area (Å²) in [7, 11) is 0. The van der Waals surface area contributed by atoms with Gasteiger partial charge in [0.1, 0.15) is 5.75 Å². The number of unbranched alkanes of at least 4 members (excludes halogenated alkanes) is 1. The minimum Gasteiger partial charge on any atom is -0.406 e. The molecule has 4 nitrogen and oxygen atoms in total. The van der Waals surface area contributed by atoms with Crippen LogP contribution in [0.4, 0.5) is 18.9 Å². The van der Waals surface area contributed by atoms with E-state index < -0.39 is 6.36 Å². The van der Waals surface area contributed by atoms with Crippen molar-refractivity contribution in [3.63, 3.8) is 0 Å². The van der Waals surface area contributed by atoms with Crippen molar-refractivity contribution in [2.24, 2.45) is 5.73 Å². The minimum absolute atomic E-state index is 0.263. The van der Waals surface area contributed by atoms with Crippen LogP contribution >= 0.6 is 0 Å². The number of alkyl halides is 3. The molecule has 106 valence electrons. The summed E-state index contributed by atoms with van der Waals surface area (Å²) in [6.07, 6.45) is -3.10. The highest BCUT2D eigenvalue weighted by molar-refractivity contribution is 5.90. The van der Waals surface area contributed by atoms with Crippen molar-refractivity contribution in [2.45, 2.75) is 25.6 Å². The number of nitrogens with one attached hydrogen (secondary N) is 1. The van der Waals surface area contributed by atoms with Crippen LogP contribution in [0, 0.1) is 0 Å². The van der Waals surface area contributed by atoms with Crippen molar-refractivity contribution in [1.82, 2.24) is 0 Å². The molecule has 0 heterocycles. The quantitative estimate of drug-likeness (QED) is 0.785. The fourth-order valence-corrected chi connectivity index (χ4v) is 1.42. The molecule has 19 heavy (non-hydrogen) atoms. The topological polar surface area (TPSA) is 64.4 Å². The monoisotopic (exact) mass is 276 g/mol. The first-order chi connectivity index (χ1) is 8.90. The van der Waals surface area contributed by atoms with Crippen LogP contribution in [0.3, 0.4) is 0 Å². The number of rotatable bonds is 6. The summed E-state index contributed by atoms with van der Waals surface area (Å²) in [5.41, 5.74) is 5.55. The van der Waals surface area contributed by atoms with Crippen LogP contribution in [-0.4, -0.2) is 18.8 Å². The molecule has 1 aromatic rings. The Balaban J connectivity index is 2.54. The van der Waals surface area contributed by atoms with Gasteiger partial charge in [-0.15, -0.1) is 13.2 Å². The van der Waals surface area contributed by atoms with Crippen LogP contribution < -0.4 is 15.8 Å². The second kappa shape index (κ2) is 6.98. The van der Waals surface area contributed by atoms with Gasteiger partial charge in [0.25, 0.3) is 0 Å². The van der Waals surface area contributed by atoms with Crippen LogP contribution in [-0.2, 0) is 4.79 Å². The van der Waals surface area contributed by atoms with Gasteiger partial charge in [0.2, 0.25) is 5.91 Å². The van der Waals surface area contributed by atoms with E-state index in [0.29, 0.717) is 13.0 Å². The van der Waals surface area contributed by atoms with E-state index in [1.807, 2.05) is 0 Å². The van der Waals surface area contributed by atoms with Gasteiger partial charge >= 0.3 is 6.36 Å². The lowest BCUT2D eigenvalue weighted by Gasteiger charge is -2.10. The number of carbonyl (C=O) groups is 1. The lowest BCUT2D eigenvalue weighted by Crippen LogP contribution is -2.17. The first-order valence-corrected chi connectivity index (χ1v) is 5.76. The molecular weight excluding hydrogens is 261 g/mol. The smallest absolute Gasteiger partial charge is 0.406 e. The third-order valence-electron chi connectivity index (χ3n) is 2.21. The predicted octanol–water partition coefficient (Wildman–Crippen LogP) is 2.65. The summed E-state index contributed by atoms with van der Waals surface area (Å²) in [5, 5.41) is 2.50. The summed E-state index contributed by atoms with van der Waals surface area (Å²) < 4.78 is 39.8. The zero-order valence-corrected chi connectivity index (χ0v) is 10.2. The molecular formula is C12H15F3N2O2. The molecule has 0 aliphatic carbocycles. The molecule has 0 saturated heterocycles. The molecule has 0 aromatic heterocycles.